The van der Waals surface area contributed by atoms with Crippen LogP contribution in [0.2, 0.25) is 0 Å². The van der Waals surface area contributed by atoms with Crippen molar-refractivity contribution in [3.63, 3.8) is 0 Å². The van der Waals surface area contributed by atoms with Crippen LogP contribution in [0.15, 0.2) is 0 Å². The maximum absolute atomic E-state index is 12.1. The topological polar surface area (TPSA) is 57.6 Å². The van der Waals surface area contributed by atoms with E-state index in [0.717, 1.165) is 25.8 Å². The van der Waals surface area contributed by atoms with Gasteiger partial charge in [0.2, 0.25) is 5.91 Å². The third-order valence-corrected chi connectivity index (χ3v) is 3.29. The number of carbonyl (C=O) groups is 2. The third kappa shape index (κ3) is 7.85. The molecule has 0 aromatic rings. The van der Waals surface area contributed by atoms with E-state index >= 15 is 0 Å². The van der Waals surface area contributed by atoms with Crippen LogP contribution in [0.3, 0.4) is 0 Å². The first-order chi connectivity index (χ1) is 8.92. The van der Waals surface area contributed by atoms with Crippen LogP contribution >= 0.6 is 0 Å². The quantitative estimate of drug-likeness (QED) is 0.621. The number of hydrogen-bond donors (Lipinski definition) is 1. The fourth-order valence-corrected chi connectivity index (χ4v) is 2.19. The lowest BCUT2D eigenvalue weighted by Gasteiger charge is -2.23. The molecule has 0 fully saturated rings. The second-order valence-electron chi connectivity index (χ2n) is 5.55. The number of amides is 1. The van der Waals surface area contributed by atoms with Crippen LogP contribution in [-0.4, -0.2) is 35.0 Å². The normalized spacial score (nSPS) is 12.5. The molecule has 0 aliphatic heterocycles. The zero-order valence-corrected chi connectivity index (χ0v) is 12.8. The Balaban J connectivity index is 4.37. The summed E-state index contributed by atoms with van der Waals surface area (Å²) in [6.45, 7) is 9.45. The first-order valence-electron chi connectivity index (χ1n) is 7.42. The van der Waals surface area contributed by atoms with Gasteiger partial charge in [0.25, 0.3) is 0 Å². The number of aliphatic carboxylic acids is 1. The minimum atomic E-state index is -0.855. The van der Waals surface area contributed by atoms with Gasteiger partial charge in [-0.25, -0.2) is 0 Å². The highest BCUT2D eigenvalue weighted by molar-refractivity contribution is 5.82. The molecule has 0 spiro atoms. The molecule has 0 unspecified atom stereocenters. The summed E-state index contributed by atoms with van der Waals surface area (Å²) in [5, 5.41) is 9.17. The second kappa shape index (κ2) is 9.82. The molecule has 0 heterocycles. The molecule has 0 rings (SSSR count). The molecule has 4 heteroatoms. The Morgan fingerprint density at radius 3 is 2.21 bits per heavy atom. The molecule has 0 aliphatic rings. The third-order valence-electron chi connectivity index (χ3n) is 3.29. The van der Waals surface area contributed by atoms with Gasteiger partial charge in [-0.15, -0.1) is 0 Å². The second-order valence-corrected chi connectivity index (χ2v) is 5.55. The lowest BCUT2D eigenvalue weighted by molar-refractivity contribution is -0.146. The summed E-state index contributed by atoms with van der Waals surface area (Å²) >= 11 is 0. The maximum atomic E-state index is 12.1. The van der Waals surface area contributed by atoms with Crippen molar-refractivity contribution >= 4 is 11.9 Å². The van der Waals surface area contributed by atoms with E-state index < -0.39 is 11.9 Å². The predicted molar refractivity (Wildman–Crippen MR) is 77.0 cm³/mol. The minimum Gasteiger partial charge on any atom is -0.481 e. The SMILES string of the molecule is CCCCCN(CC)C(=O)C[C@@H](CC(C)C)C(=O)O. The number of carbonyl (C=O) groups excluding carboxylic acids is 1. The fraction of sp³-hybridized carbons (Fsp3) is 0.867. The molecule has 4 nitrogen and oxygen atoms in total. The zero-order chi connectivity index (χ0) is 14.8. The number of rotatable bonds is 10. The Morgan fingerprint density at radius 1 is 1.16 bits per heavy atom. The van der Waals surface area contributed by atoms with Gasteiger partial charge in [0.15, 0.2) is 0 Å². The highest BCUT2D eigenvalue weighted by Gasteiger charge is 2.24. The Hall–Kier alpha value is -1.06. The van der Waals surface area contributed by atoms with Gasteiger partial charge in [-0.2, -0.15) is 0 Å². The first-order valence-corrected chi connectivity index (χ1v) is 7.42. The molecule has 0 aromatic carbocycles. The maximum Gasteiger partial charge on any atom is 0.307 e. The summed E-state index contributed by atoms with van der Waals surface area (Å²) in [6.07, 6.45) is 3.92. The van der Waals surface area contributed by atoms with Crippen LogP contribution in [-0.2, 0) is 9.59 Å². The van der Waals surface area contributed by atoms with Crippen molar-refractivity contribution in [3.05, 3.63) is 0 Å². The van der Waals surface area contributed by atoms with Gasteiger partial charge in [-0.3, -0.25) is 9.59 Å². The van der Waals surface area contributed by atoms with E-state index in [4.69, 9.17) is 5.11 Å². The van der Waals surface area contributed by atoms with Gasteiger partial charge in [0.1, 0.15) is 0 Å². The van der Waals surface area contributed by atoms with Crippen LogP contribution in [0.4, 0.5) is 0 Å². The van der Waals surface area contributed by atoms with E-state index in [9.17, 15) is 9.59 Å². The smallest absolute Gasteiger partial charge is 0.307 e. The summed E-state index contributed by atoms with van der Waals surface area (Å²) in [5.74, 6) is -1.13. The molecule has 1 N–H and O–H groups in total. The van der Waals surface area contributed by atoms with Gasteiger partial charge in [0, 0.05) is 19.5 Å². The number of carboxylic acid groups (broad SMARTS) is 1. The largest absolute Gasteiger partial charge is 0.481 e. The lowest BCUT2D eigenvalue weighted by atomic mass is 9.93. The molecule has 19 heavy (non-hydrogen) atoms. The van der Waals surface area contributed by atoms with Crippen molar-refractivity contribution in [2.24, 2.45) is 11.8 Å². The number of carboxylic acids is 1. The van der Waals surface area contributed by atoms with Gasteiger partial charge < -0.3 is 10.0 Å². The molecule has 112 valence electrons. The molecule has 0 aromatic heterocycles. The highest BCUT2D eigenvalue weighted by atomic mass is 16.4. The molecule has 0 aliphatic carbocycles. The molecule has 0 saturated heterocycles. The van der Waals surface area contributed by atoms with Crippen molar-refractivity contribution < 1.29 is 14.7 Å². The summed E-state index contributed by atoms with van der Waals surface area (Å²) < 4.78 is 0. The monoisotopic (exact) mass is 271 g/mol. The average molecular weight is 271 g/mol. The summed E-state index contributed by atoms with van der Waals surface area (Å²) in [4.78, 5) is 25.1. The number of hydrogen-bond acceptors (Lipinski definition) is 2. The van der Waals surface area contributed by atoms with Gasteiger partial charge in [-0.1, -0.05) is 33.6 Å². The first kappa shape index (κ1) is 17.9. The predicted octanol–water partition coefficient (Wildman–Crippen LogP) is 3.16. The molecular weight excluding hydrogens is 242 g/mol. The standard InChI is InChI=1S/C15H29NO3/c1-5-7-8-9-16(6-2)14(17)11-13(15(18)19)10-12(3)4/h12-13H,5-11H2,1-4H3,(H,18,19)/t13-/m1/s1. The van der Waals surface area contributed by atoms with Crippen molar-refractivity contribution in [1.82, 2.24) is 4.90 Å². The van der Waals surface area contributed by atoms with Crippen molar-refractivity contribution in [1.29, 1.82) is 0 Å². The van der Waals surface area contributed by atoms with Crippen molar-refractivity contribution in [3.8, 4) is 0 Å². The van der Waals surface area contributed by atoms with Crippen molar-refractivity contribution in [2.45, 2.75) is 59.8 Å². The molecular formula is C15H29NO3. The zero-order valence-electron chi connectivity index (χ0n) is 12.8. The summed E-state index contributed by atoms with van der Waals surface area (Å²) in [7, 11) is 0. The van der Waals surface area contributed by atoms with E-state index in [-0.39, 0.29) is 12.3 Å². The van der Waals surface area contributed by atoms with E-state index in [1.807, 2.05) is 20.8 Å². The number of nitrogens with zero attached hydrogens (tertiary/aromatic N) is 1. The van der Waals surface area contributed by atoms with Crippen LogP contribution in [0.1, 0.15) is 59.8 Å². The Morgan fingerprint density at radius 2 is 1.79 bits per heavy atom. The van der Waals surface area contributed by atoms with E-state index in [0.29, 0.717) is 18.9 Å². The van der Waals surface area contributed by atoms with Crippen molar-refractivity contribution in [2.75, 3.05) is 13.1 Å². The van der Waals surface area contributed by atoms with Crippen LogP contribution in [0, 0.1) is 11.8 Å². The van der Waals surface area contributed by atoms with Crippen LogP contribution < -0.4 is 0 Å². The van der Waals surface area contributed by atoms with E-state index in [2.05, 4.69) is 6.92 Å². The Labute approximate surface area is 117 Å². The molecule has 0 radical (unpaired) electrons. The van der Waals surface area contributed by atoms with Gasteiger partial charge >= 0.3 is 5.97 Å². The molecule has 1 amide bonds. The van der Waals surface area contributed by atoms with E-state index in [1.165, 1.54) is 0 Å². The Bertz CT molecular complexity index is 277. The minimum absolute atomic E-state index is 0.0216. The average Bonchev–Trinajstić information content (AvgIpc) is 2.33. The Kier molecular flexibility index (Phi) is 9.27. The van der Waals surface area contributed by atoms with Crippen LogP contribution in [0.25, 0.3) is 0 Å². The molecule has 1 atom stereocenters. The van der Waals surface area contributed by atoms with E-state index in [1.54, 1.807) is 4.90 Å². The summed E-state index contributed by atoms with van der Waals surface area (Å²) in [6, 6.07) is 0. The summed E-state index contributed by atoms with van der Waals surface area (Å²) in [5.41, 5.74) is 0. The van der Waals surface area contributed by atoms with Gasteiger partial charge in [0.05, 0.1) is 5.92 Å². The molecule has 0 bridgehead atoms. The number of unbranched alkanes of at least 4 members (excludes halogenated alkanes) is 2. The lowest BCUT2D eigenvalue weighted by Crippen LogP contribution is -2.34. The fourth-order valence-electron chi connectivity index (χ4n) is 2.19. The van der Waals surface area contributed by atoms with Crippen LogP contribution in [0.5, 0.6) is 0 Å². The highest BCUT2D eigenvalue weighted by Crippen LogP contribution is 2.17. The molecule has 0 saturated carbocycles. The van der Waals surface area contributed by atoms with Gasteiger partial charge in [-0.05, 0) is 25.7 Å².